The molecular formula is C16H20N2O2S. The molecule has 112 valence electrons. The average molecular weight is 304 g/mol. The van der Waals surface area contributed by atoms with E-state index in [9.17, 15) is 4.79 Å². The molecule has 0 saturated carbocycles. The number of carbonyl (C=O) groups is 1. The van der Waals surface area contributed by atoms with Crippen molar-refractivity contribution in [2.45, 2.75) is 32.7 Å². The van der Waals surface area contributed by atoms with Gasteiger partial charge in [-0.15, -0.1) is 11.3 Å². The third-order valence-corrected chi connectivity index (χ3v) is 4.07. The van der Waals surface area contributed by atoms with Crippen molar-refractivity contribution >= 4 is 17.2 Å². The molecule has 0 unspecified atom stereocenters. The molecule has 0 aliphatic rings. The summed E-state index contributed by atoms with van der Waals surface area (Å²) in [6, 6.07) is 9.49. The molecule has 1 aromatic heterocycles. The minimum atomic E-state index is -0.0231. The second-order valence-corrected chi connectivity index (χ2v) is 5.91. The lowest BCUT2D eigenvalue weighted by atomic mass is 10.2. The van der Waals surface area contributed by atoms with Gasteiger partial charge in [0.05, 0.1) is 30.3 Å². The number of rotatable bonds is 7. The van der Waals surface area contributed by atoms with Crippen LogP contribution in [0.5, 0.6) is 5.75 Å². The highest BCUT2D eigenvalue weighted by atomic mass is 32.1. The third kappa shape index (κ3) is 5.19. The van der Waals surface area contributed by atoms with E-state index in [0.717, 1.165) is 16.5 Å². The quantitative estimate of drug-likeness (QED) is 0.853. The molecule has 21 heavy (non-hydrogen) atoms. The maximum atomic E-state index is 11.7. The molecular weight excluding hydrogens is 284 g/mol. The number of para-hydroxylation sites is 1. The van der Waals surface area contributed by atoms with E-state index in [-0.39, 0.29) is 5.91 Å². The Bertz CT molecular complexity index is 567. The predicted octanol–water partition coefficient (Wildman–Crippen LogP) is 3.35. The van der Waals surface area contributed by atoms with Crippen LogP contribution in [0.25, 0.3) is 0 Å². The topological polar surface area (TPSA) is 51.2 Å². The van der Waals surface area contributed by atoms with Crippen LogP contribution in [-0.4, -0.2) is 17.5 Å². The Kier molecular flexibility index (Phi) is 5.75. The van der Waals surface area contributed by atoms with E-state index >= 15 is 0 Å². The average Bonchev–Trinajstić information content (AvgIpc) is 2.95. The summed E-state index contributed by atoms with van der Waals surface area (Å²) in [5, 5.41) is 5.96. The molecule has 0 saturated heterocycles. The normalized spacial score (nSPS) is 10.6. The molecule has 2 aromatic rings. The molecule has 5 heteroatoms. The van der Waals surface area contributed by atoms with Gasteiger partial charge in [-0.25, -0.2) is 4.98 Å². The van der Waals surface area contributed by atoms with Gasteiger partial charge in [0, 0.05) is 11.3 Å². The molecule has 0 bridgehead atoms. The Labute approximate surface area is 129 Å². The van der Waals surface area contributed by atoms with E-state index in [1.807, 2.05) is 35.7 Å². The first-order valence-corrected chi connectivity index (χ1v) is 7.92. The zero-order chi connectivity index (χ0) is 15.1. The molecule has 0 fully saturated rings. The first kappa shape index (κ1) is 15.5. The molecule has 0 aliphatic carbocycles. The van der Waals surface area contributed by atoms with Gasteiger partial charge >= 0.3 is 0 Å². The molecule has 0 spiro atoms. The number of hydrogen-bond acceptors (Lipinski definition) is 4. The number of ether oxygens (including phenoxy) is 1. The van der Waals surface area contributed by atoms with Gasteiger partial charge in [0.15, 0.2) is 0 Å². The fraction of sp³-hybridized carbons (Fsp3) is 0.375. The standard InChI is InChI=1S/C16H20N2O2S/c1-12(2)16-18-13(11-21-16)10-17-15(19)8-9-20-14-6-4-3-5-7-14/h3-7,11-12H,8-10H2,1-2H3,(H,17,19). The van der Waals surface area contributed by atoms with Crippen molar-refractivity contribution in [3.63, 3.8) is 0 Å². The number of benzene rings is 1. The maximum absolute atomic E-state index is 11.7. The molecule has 1 heterocycles. The van der Waals surface area contributed by atoms with E-state index in [1.165, 1.54) is 0 Å². The van der Waals surface area contributed by atoms with E-state index in [2.05, 4.69) is 24.1 Å². The van der Waals surface area contributed by atoms with Crippen LogP contribution in [0.1, 0.15) is 36.9 Å². The molecule has 2 rings (SSSR count). The van der Waals surface area contributed by atoms with Crippen LogP contribution in [-0.2, 0) is 11.3 Å². The van der Waals surface area contributed by atoms with Gasteiger partial charge in [-0.2, -0.15) is 0 Å². The van der Waals surface area contributed by atoms with E-state index < -0.39 is 0 Å². The summed E-state index contributed by atoms with van der Waals surface area (Å²) >= 11 is 1.64. The largest absolute Gasteiger partial charge is 0.493 e. The van der Waals surface area contributed by atoms with Gasteiger partial charge in [0.1, 0.15) is 5.75 Å². The first-order valence-electron chi connectivity index (χ1n) is 7.04. The number of aromatic nitrogens is 1. The second kappa shape index (κ2) is 7.78. The fourth-order valence-corrected chi connectivity index (χ4v) is 2.56. The number of nitrogens with zero attached hydrogens (tertiary/aromatic N) is 1. The summed E-state index contributed by atoms with van der Waals surface area (Å²) in [4.78, 5) is 16.2. The summed E-state index contributed by atoms with van der Waals surface area (Å²) < 4.78 is 5.49. The Hall–Kier alpha value is -1.88. The monoisotopic (exact) mass is 304 g/mol. The zero-order valence-corrected chi connectivity index (χ0v) is 13.2. The van der Waals surface area contributed by atoms with Crippen LogP contribution >= 0.6 is 11.3 Å². The van der Waals surface area contributed by atoms with Crippen molar-refractivity contribution < 1.29 is 9.53 Å². The molecule has 1 N–H and O–H groups in total. The van der Waals surface area contributed by atoms with E-state index in [1.54, 1.807) is 11.3 Å². The Morgan fingerprint density at radius 1 is 1.33 bits per heavy atom. The van der Waals surface area contributed by atoms with Crippen LogP contribution in [0.4, 0.5) is 0 Å². The number of hydrogen-bond donors (Lipinski definition) is 1. The summed E-state index contributed by atoms with van der Waals surface area (Å²) in [6.07, 6.45) is 0.343. The summed E-state index contributed by atoms with van der Waals surface area (Å²) in [5.74, 6) is 1.19. The highest BCUT2D eigenvalue weighted by Gasteiger charge is 2.07. The Balaban J connectivity index is 1.67. The first-order chi connectivity index (χ1) is 10.1. The van der Waals surface area contributed by atoms with Gasteiger partial charge in [-0.3, -0.25) is 4.79 Å². The van der Waals surface area contributed by atoms with Crippen molar-refractivity contribution in [3.05, 3.63) is 46.4 Å². The van der Waals surface area contributed by atoms with Gasteiger partial charge in [-0.05, 0) is 12.1 Å². The predicted molar refractivity (Wildman–Crippen MR) is 84.6 cm³/mol. The third-order valence-electron chi connectivity index (χ3n) is 2.87. The Morgan fingerprint density at radius 2 is 2.10 bits per heavy atom. The number of amides is 1. The maximum Gasteiger partial charge on any atom is 0.223 e. The van der Waals surface area contributed by atoms with Crippen LogP contribution in [0.3, 0.4) is 0 Å². The second-order valence-electron chi connectivity index (χ2n) is 5.02. The van der Waals surface area contributed by atoms with Gasteiger partial charge in [-0.1, -0.05) is 32.0 Å². The smallest absolute Gasteiger partial charge is 0.223 e. The van der Waals surface area contributed by atoms with Gasteiger partial charge in [0.25, 0.3) is 0 Å². The van der Waals surface area contributed by atoms with Crippen LogP contribution in [0.15, 0.2) is 35.7 Å². The lowest BCUT2D eigenvalue weighted by Gasteiger charge is -2.06. The van der Waals surface area contributed by atoms with Crippen molar-refractivity contribution in [1.29, 1.82) is 0 Å². The van der Waals surface area contributed by atoms with Crippen LogP contribution < -0.4 is 10.1 Å². The number of nitrogens with one attached hydrogen (secondary N) is 1. The number of thiazole rings is 1. The molecule has 0 aliphatic heterocycles. The van der Waals surface area contributed by atoms with Gasteiger partial charge in [0.2, 0.25) is 5.91 Å². The Morgan fingerprint density at radius 3 is 2.76 bits per heavy atom. The van der Waals surface area contributed by atoms with Crippen molar-refractivity contribution in [2.24, 2.45) is 0 Å². The van der Waals surface area contributed by atoms with E-state index in [0.29, 0.717) is 25.5 Å². The fourth-order valence-electron chi connectivity index (χ4n) is 1.72. The van der Waals surface area contributed by atoms with Crippen molar-refractivity contribution in [2.75, 3.05) is 6.61 Å². The van der Waals surface area contributed by atoms with Gasteiger partial charge < -0.3 is 10.1 Å². The highest BCUT2D eigenvalue weighted by molar-refractivity contribution is 7.09. The van der Waals surface area contributed by atoms with Crippen LogP contribution in [0, 0.1) is 0 Å². The van der Waals surface area contributed by atoms with Crippen molar-refractivity contribution in [1.82, 2.24) is 10.3 Å². The summed E-state index contributed by atoms with van der Waals surface area (Å²) in [5.41, 5.74) is 0.918. The minimum Gasteiger partial charge on any atom is -0.493 e. The zero-order valence-electron chi connectivity index (χ0n) is 12.3. The molecule has 1 aromatic carbocycles. The number of carbonyl (C=O) groups excluding carboxylic acids is 1. The highest BCUT2D eigenvalue weighted by Crippen LogP contribution is 2.18. The SMILES string of the molecule is CC(C)c1nc(CNC(=O)CCOc2ccccc2)cs1. The van der Waals surface area contributed by atoms with E-state index in [4.69, 9.17) is 4.74 Å². The molecule has 0 radical (unpaired) electrons. The lowest BCUT2D eigenvalue weighted by molar-refractivity contribution is -0.121. The lowest BCUT2D eigenvalue weighted by Crippen LogP contribution is -2.24. The minimum absolute atomic E-state index is 0.0231. The molecule has 1 amide bonds. The van der Waals surface area contributed by atoms with Crippen molar-refractivity contribution in [3.8, 4) is 5.75 Å². The summed E-state index contributed by atoms with van der Waals surface area (Å²) in [6.45, 7) is 5.09. The summed E-state index contributed by atoms with van der Waals surface area (Å²) in [7, 11) is 0. The molecule has 0 atom stereocenters. The molecule has 4 nitrogen and oxygen atoms in total. The van der Waals surface area contributed by atoms with Crippen LogP contribution in [0.2, 0.25) is 0 Å².